The summed E-state index contributed by atoms with van der Waals surface area (Å²) in [4.78, 5) is 25.3. The summed E-state index contributed by atoms with van der Waals surface area (Å²) in [5.41, 5.74) is 5.85. The summed E-state index contributed by atoms with van der Waals surface area (Å²) in [7, 11) is 1.51. The number of amides is 2. The highest BCUT2D eigenvalue weighted by molar-refractivity contribution is 5.93. The minimum atomic E-state index is -4.58. The Morgan fingerprint density at radius 1 is 1.05 bits per heavy atom. The van der Waals surface area contributed by atoms with Gasteiger partial charge in [-0.2, -0.15) is 18.0 Å². The highest BCUT2D eigenvalue weighted by Crippen LogP contribution is 2.38. The van der Waals surface area contributed by atoms with Crippen molar-refractivity contribution in [1.29, 1.82) is 0 Å². The number of benzene rings is 2. The summed E-state index contributed by atoms with van der Waals surface area (Å²) in [6, 6.07) is 9.61. The molecule has 3 rings (SSSR count). The number of rotatable bonds is 13. The molecule has 2 aromatic carbocycles. The van der Waals surface area contributed by atoms with Gasteiger partial charge in [0.2, 0.25) is 17.6 Å². The smallest absolute Gasteiger partial charge is 0.377 e. The Labute approximate surface area is 216 Å². The molecule has 1 heterocycles. The van der Waals surface area contributed by atoms with Gasteiger partial charge in [0.05, 0.1) is 44.7 Å². The average Bonchev–Trinajstić information content (AvgIpc) is 3.30. The molecule has 0 aliphatic heterocycles. The van der Waals surface area contributed by atoms with Gasteiger partial charge in [0.25, 0.3) is 0 Å². The van der Waals surface area contributed by atoms with Gasteiger partial charge < -0.3 is 25.4 Å². The molecule has 0 saturated carbocycles. The van der Waals surface area contributed by atoms with Crippen molar-refractivity contribution in [1.82, 2.24) is 25.5 Å². The predicted octanol–water partition coefficient (Wildman–Crippen LogP) is 2.30. The molecule has 2 amide bonds. The van der Waals surface area contributed by atoms with Crippen LogP contribution in [-0.2, 0) is 27.5 Å². The molecule has 0 radical (unpaired) electrons. The van der Waals surface area contributed by atoms with Crippen LogP contribution in [0.1, 0.15) is 22.8 Å². The fraction of sp³-hybridized carbons (Fsp3) is 0.375. The van der Waals surface area contributed by atoms with E-state index in [2.05, 4.69) is 20.7 Å². The number of alkyl halides is 3. The molecule has 14 heteroatoms. The third-order valence-corrected chi connectivity index (χ3v) is 5.28. The molecule has 0 spiro atoms. The van der Waals surface area contributed by atoms with E-state index < -0.39 is 17.6 Å². The summed E-state index contributed by atoms with van der Waals surface area (Å²) in [5.74, 6) is -0.738. The lowest BCUT2D eigenvalue weighted by molar-refractivity contribution is -0.137. The number of aromatic nitrogens is 4. The number of nitrogens with zero attached hydrogens (tertiary/aromatic N) is 5. The van der Waals surface area contributed by atoms with Gasteiger partial charge in [-0.15, -0.1) is 10.2 Å². The summed E-state index contributed by atoms with van der Waals surface area (Å²) in [6.07, 6.45) is -4.58. The van der Waals surface area contributed by atoms with Crippen LogP contribution in [0.5, 0.6) is 0 Å². The molecule has 1 aromatic heterocycles. The first kappa shape index (κ1) is 28.5. The molecule has 0 aliphatic rings. The van der Waals surface area contributed by atoms with Crippen molar-refractivity contribution in [3.05, 3.63) is 53.6 Å². The van der Waals surface area contributed by atoms with E-state index in [0.29, 0.717) is 31.1 Å². The van der Waals surface area contributed by atoms with Crippen LogP contribution < -0.4 is 16.0 Å². The van der Waals surface area contributed by atoms with Crippen molar-refractivity contribution in [2.75, 3.05) is 44.4 Å². The zero-order valence-corrected chi connectivity index (χ0v) is 20.9. The van der Waals surface area contributed by atoms with E-state index in [1.165, 1.54) is 32.2 Å². The van der Waals surface area contributed by atoms with Crippen molar-refractivity contribution in [3.63, 3.8) is 0 Å². The van der Waals surface area contributed by atoms with Crippen molar-refractivity contribution in [2.24, 2.45) is 12.8 Å². The van der Waals surface area contributed by atoms with E-state index >= 15 is 0 Å². The number of primary amides is 1. The second-order valence-corrected chi connectivity index (χ2v) is 8.10. The molecule has 0 aliphatic carbocycles. The molecule has 3 aromatic rings. The monoisotopic (exact) mass is 535 g/mol. The number of anilines is 2. The van der Waals surface area contributed by atoms with Gasteiger partial charge in [0, 0.05) is 36.8 Å². The van der Waals surface area contributed by atoms with Crippen LogP contribution in [-0.4, -0.2) is 71.5 Å². The summed E-state index contributed by atoms with van der Waals surface area (Å²) >= 11 is 0. The lowest BCUT2D eigenvalue weighted by Gasteiger charge is -2.27. The Hall–Kier alpha value is -4.04. The SMILES string of the molecule is CC(=O)NCCOCCOCCN(c1ccc(C(N)=O)cc1)c1ccc(C(F)(F)F)cc1-c1nnn(C)n1. The Morgan fingerprint density at radius 2 is 1.74 bits per heavy atom. The molecule has 0 unspecified atom stereocenters. The topological polar surface area (TPSA) is 137 Å². The van der Waals surface area contributed by atoms with Gasteiger partial charge in [-0.3, -0.25) is 9.59 Å². The molecule has 0 fully saturated rings. The molecule has 11 nitrogen and oxygen atoms in total. The maximum atomic E-state index is 13.5. The predicted molar refractivity (Wildman–Crippen MR) is 132 cm³/mol. The van der Waals surface area contributed by atoms with Gasteiger partial charge >= 0.3 is 6.18 Å². The molecule has 0 bridgehead atoms. The number of hydrogen-bond donors (Lipinski definition) is 2. The molecular formula is C24H28F3N7O4. The van der Waals surface area contributed by atoms with E-state index in [0.717, 1.165) is 16.9 Å². The number of ether oxygens (including phenoxy) is 2. The number of halogens is 3. The molecule has 0 saturated heterocycles. The maximum absolute atomic E-state index is 13.5. The number of nitrogens with two attached hydrogens (primary N) is 1. The fourth-order valence-electron chi connectivity index (χ4n) is 3.49. The van der Waals surface area contributed by atoms with Crippen LogP contribution in [0, 0.1) is 0 Å². The number of carbonyl (C=O) groups excluding carboxylic acids is 2. The normalized spacial score (nSPS) is 11.4. The van der Waals surface area contributed by atoms with Crippen molar-refractivity contribution in [3.8, 4) is 11.4 Å². The van der Waals surface area contributed by atoms with E-state index in [9.17, 15) is 22.8 Å². The van der Waals surface area contributed by atoms with E-state index in [-0.39, 0.29) is 42.6 Å². The van der Waals surface area contributed by atoms with Crippen LogP contribution in [0.25, 0.3) is 11.4 Å². The number of hydrogen-bond acceptors (Lipinski definition) is 8. The lowest BCUT2D eigenvalue weighted by atomic mass is 10.1. The second-order valence-electron chi connectivity index (χ2n) is 8.10. The van der Waals surface area contributed by atoms with Gasteiger partial charge in [-0.25, -0.2) is 0 Å². The van der Waals surface area contributed by atoms with E-state index in [4.69, 9.17) is 15.2 Å². The van der Waals surface area contributed by atoms with E-state index in [1.54, 1.807) is 17.0 Å². The van der Waals surface area contributed by atoms with Crippen LogP contribution in [0.3, 0.4) is 0 Å². The summed E-state index contributed by atoms with van der Waals surface area (Å²) < 4.78 is 51.7. The third kappa shape index (κ3) is 7.98. The van der Waals surface area contributed by atoms with Crippen LogP contribution in [0.15, 0.2) is 42.5 Å². The Kier molecular flexibility index (Phi) is 9.73. The van der Waals surface area contributed by atoms with Crippen LogP contribution in [0.4, 0.5) is 24.5 Å². The van der Waals surface area contributed by atoms with Crippen molar-refractivity contribution in [2.45, 2.75) is 13.1 Å². The number of aryl methyl sites for hydroxylation is 1. The Morgan fingerprint density at radius 3 is 2.32 bits per heavy atom. The first-order valence-corrected chi connectivity index (χ1v) is 11.6. The number of nitrogens with one attached hydrogen (secondary N) is 1. The molecule has 38 heavy (non-hydrogen) atoms. The van der Waals surface area contributed by atoms with Crippen molar-refractivity contribution < 1.29 is 32.2 Å². The average molecular weight is 536 g/mol. The number of tetrazole rings is 1. The second kappa shape index (κ2) is 13.0. The van der Waals surface area contributed by atoms with Gasteiger partial charge in [-0.1, -0.05) is 0 Å². The quantitative estimate of drug-likeness (QED) is 0.318. The van der Waals surface area contributed by atoms with Crippen LogP contribution >= 0.6 is 0 Å². The summed E-state index contributed by atoms with van der Waals surface area (Å²) in [5, 5.41) is 14.4. The van der Waals surface area contributed by atoms with Gasteiger partial charge in [0.1, 0.15) is 0 Å². The van der Waals surface area contributed by atoms with Crippen molar-refractivity contribution >= 4 is 23.2 Å². The molecular weight excluding hydrogens is 507 g/mol. The minimum absolute atomic E-state index is 0.0147. The Bertz CT molecular complexity index is 1230. The minimum Gasteiger partial charge on any atom is -0.377 e. The highest BCUT2D eigenvalue weighted by atomic mass is 19.4. The maximum Gasteiger partial charge on any atom is 0.416 e. The van der Waals surface area contributed by atoms with Gasteiger partial charge in [0.15, 0.2) is 0 Å². The third-order valence-electron chi connectivity index (χ3n) is 5.28. The Balaban J connectivity index is 1.83. The first-order valence-electron chi connectivity index (χ1n) is 11.6. The standard InChI is InChI=1S/C24H28F3N7O4/c1-16(35)29-9-11-37-13-14-38-12-10-34(19-6-3-17(4-7-19)22(28)36)21-8-5-18(24(25,26)27)15-20(21)23-30-32-33(2)31-23/h3-8,15H,9-14H2,1-2H3,(H2,28,36)(H,29,35). The zero-order valence-electron chi connectivity index (χ0n) is 20.9. The molecule has 3 N–H and O–H groups in total. The summed E-state index contributed by atoms with van der Waals surface area (Å²) in [6.45, 7) is 3.13. The van der Waals surface area contributed by atoms with E-state index in [1.807, 2.05) is 0 Å². The fourth-order valence-corrected chi connectivity index (χ4v) is 3.49. The number of carbonyl (C=O) groups is 2. The van der Waals surface area contributed by atoms with Crippen LogP contribution in [0.2, 0.25) is 0 Å². The first-order chi connectivity index (χ1) is 18.1. The lowest BCUT2D eigenvalue weighted by Crippen LogP contribution is -2.26. The molecule has 0 atom stereocenters. The molecule has 204 valence electrons. The largest absolute Gasteiger partial charge is 0.416 e. The zero-order chi connectivity index (χ0) is 27.7. The van der Waals surface area contributed by atoms with Gasteiger partial charge in [-0.05, 0) is 47.7 Å². The highest BCUT2D eigenvalue weighted by Gasteiger charge is 2.32.